The third kappa shape index (κ3) is 2.70. The molecule has 0 nitrogen and oxygen atoms in total. The lowest BCUT2D eigenvalue weighted by Crippen LogP contribution is -2.56. The molecule has 18 heavy (non-hydrogen) atoms. The second kappa shape index (κ2) is 4.50. The van der Waals surface area contributed by atoms with Crippen molar-refractivity contribution in [3.63, 3.8) is 0 Å². The van der Waals surface area contributed by atoms with Crippen LogP contribution < -0.4 is 10.4 Å². The first-order chi connectivity index (χ1) is 8.19. The van der Waals surface area contributed by atoms with E-state index in [0.717, 1.165) is 0 Å². The summed E-state index contributed by atoms with van der Waals surface area (Å²) in [6.07, 6.45) is 4.93. The highest BCUT2D eigenvalue weighted by Crippen LogP contribution is 2.28. The normalized spacial score (nSPS) is 16.2. The van der Waals surface area contributed by atoms with E-state index in [4.69, 9.17) is 0 Å². The minimum Gasteiger partial charge on any atom is -0.0804 e. The van der Waals surface area contributed by atoms with E-state index in [9.17, 15) is 0 Å². The molecule has 0 radical (unpaired) electrons. The van der Waals surface area contributed by atoms with Crippen molar-refractivity contribution in [1.29, 1.82) is 0 Å². The van der Waals surface area contributed by atoms with Crippen LogP contribution in [0.2, 0.25) is 39.3 Å². The van der Waals surface area contributed by atoms with E-state index in [0.29, 0.717) is 0 Å². The Hall–Kier alpha value is -0.606. The molecule has 0 spiro atoms. The molecule has 2 heteroatoms. The van der Waals surface area contributed by atoms with E-state index in [-0.39, 0.29) is 0 Å². The van der Waals surface area contributed by atoms with E-state index < -0.39 is 16.1 Å². The predicted molar refractivity (Wildman–Crippen MR) is 89.6 cm³/mol. The molecule has 0 atom stereocenters. The Morgan fingerprint density at radius 3 is 1.78 bits per heavy atom. The largest absolute Gasteiger partial charge is 0.0804 e. The van der Waals surface area contributed by atoms with Gasteiger partial charge in [0.15, 0.2) is 0 Å². The predicted octanol–water partition coefficient (Wildman–Crippen LogP) is 3.95. The Labute approximate surface area is 114 Å². The van der Waals surface area contributed by atoms with Gasteiger partial charge in [-0.05, 0) is 24.0 Å². The fourth-order valence-corrected chi connectivity index (χ4v) is 7.76. The topological polar surface area (TPSA) is 0 Å². The molecular weight excluding hydrogens is 248 g/mol. The first kappa shape index (κ1) is 13.8. The second-order valence-corrected chi connectivity index (χ2v) is 17.6. The zero-order valence-corrected chi connectivity index (χ0v) is 14.7. The van der Waals surface area contributed by atoms with Crippen LogP contribution in [-0.2, 0) is 0 Å². The number of hydrogen-bond donors (Lipinski definition) is 0. The van der Waals surface area contributed by atoms with Crippen molar-refractivity contribution < 1.29 is 0 Å². The first-order valence-electron chi connectivity index (χ1n) is 7.04. The minimum absolute atomic E-state index is 1.22. The third-order valence-corrected chi connectivity index (χ3v) is 8.14. The summed E-state index contributed by atoms with van der Waals surface area (Å²) in [5.74, 6) is 0. The Balaban J connectivity index is 2.56. The van der Waals surface area contributed by atoms with Gasteiger partial charge in [0.05, 0.1) is 16.1 Å². The van der Waals surface area contributed by atoms with Gasteiger partial charge >= 0.3 is 0 Å². The van der Waals surface area contributed by atoms with Crippen LogP contribution in [0.25, 0.3) is 5.57 Å². The van der Waals surface area contributed by atoms with Crippen molar-refractivity contribution in [2.45, 2.75) is 52.1 Å². The van der Waals surface area contributed by atoms with Crippen LogP contribution in [-0.4, -0.2) is 16.1 Å². The average molecular weight is 275 g/mol. The summed E-state index contributed by atoms with van der Waals surface area (Å²) >= 11 is 0. The molecule has 0 fully saturated rings. The van der Waals surface area contributed by atoms with Crippen LogP contribution in [0.15, 0.2) is 24.3 Å². The maximum atomic E-state index is 2.52. The quantitative estimate of drug-likeness (QED) is 0.732. The molecule has 0 saturated heterocycles. The highest BCUT2D eigenvalue weighted by atomic mass is 28.3. The molecular formula is C16H26Si2. The molecule has 1 aliphatic carbocycles. The van der Waals surface area contributed by atoms with E-state index in [1.807, 2.05) is 0 Å². The maximum Gasteiger partial charge on any atom is 0.0774 e. The van der Waals surface area contributed by atoms with Gasteiger partial charge in [0.1, 0.15) is 0 Å². The fourth-order valence-electron chi connectivity index (χ4n) is 2.57. The molecule has 0 saturated carbocycles. The first-order valence-corrected chi connectivity index (χ1v) is 14.0. The summed E-state index contributed by atoms with van der Waals surface area (Å²) in [4.78, 5) is 0. The molecule has 1 aromatic rings. The van der Waals surface area contributed by atoms with E-state index in [1.165, 1.54) is 18.4 Å². The van der Waals surface area contributed by atoms with Crippen LogP contribution in [0.4, 0.5) is 0 Å². The molecule has 1 aromatic carbocycles. The van der Waals surface area contributed by atoms with Gasteiger partial charge in [-0.15, -0.1) is 0 Å². The van der Waals surface area contributed by atoms with Crippen molar-refractivity contribution >= 4 is 32.1 Å². The number of rotatable bonds is 3. The average Bonchev–Trinajstić information content (AvgIpc) is 2.11. The summed E-state index contributed by atoms with van der Waals surface area (Å²) < 4.78 is 0. The Kier molecular flexibility index (Phi) is 3.45. The monoisotopic (exact) mass is 274 g/mol. The van der Waals surface area contributed by atoms with Crippen LogP contribution >= 0.6 is 0 Å². The van der Waals surface area contributed by atoms with Crippen molar-refractivity contribution in [3.05, 3.63) is 29.8 Å². The van der Waals surface area contributed by atoms with Crippen molar-refractivity contribution in [2.24, 2.45) is 0 Å². The van der Waals surface area contributed by atoms with E-state index >= 15 is 0 Å². The van der Waals surface area contributed by atoms with Crippen LogP contribution in [0, 0.1) is 0 Å². The van der Waals surface area contributed by atoms with Gasteiger partial charge in [-0.25, -0.2) is 0 Å². The van der Waals surface area contributed by atoms with Crippen LogP contribution in [0.5, 0.6) is 0 Å². The number of allylic oxidation sites excluding steroid dienone is 2. The number of hydrogen-bond acceptors (Lipinski definition) is 0. The Bertz CT molecular complexity index is 485. The zero-order valence-electron chi connectivity index (χ0n) is 12.7. The summed E-state index contributed by atoms with van der Waals surface area (Å²) in [7, 11) is -2.47. The molecule has 0 aromatic heterocycles. The zero-order chi connectivity index (χ0) is 13.6. The molecule has 0 heterocycles. The lowest BCUT2D eigenvalue weighted by atomic mass is 9.92. The van der Waals surface area contributed by atoms with Crippen molar-refractivity contribution in [3.8, 4) is 0 Å². The molecule has 0 aliphatic heterocycles. The molecule has 98 valence electrons. The van der Waals surface area contributed by atoms with Gasteiger partial charge in [0.2, 0.25) is 0 Å². The lowest BCUT2D eigenvalue weighted by molar-refractivity contribution is 0.989. The van der Waals surface area contributed by atoms with Gasteiger partial charge < -0.3 is 0 Å². The maximum absolute atomic E-state index is 2.52. The van der Waals surface area contributed by atoms with Crippen molar-refractivity contribution in [2.75, 3.05) is 0 Å². The van der Waals surface area contributed by atoms with Crippen molar-refractivity contribution in [1.82, 2.24) is 0 Å². The Morgan fingerprint density at radius 2 is 1.39 bits per heavy atom. The summed E-state index contributed by atoms with van der Waals surface area (Å²) in [6.45, 7) is 14.8. The number of benzene rings is 1. The van der Waals surface area contributed by atoms with Crippen LogP contribution in [0.1, 0.15) is 18.4 Å². The molecule has 0 amide bonds. The van der Waals surface area contributed by atoms with Gasteiger partial charge in [0.25, 0.3) is 0 Å². The highest BCUT2D eigenvalue weighted by molar-refractivity contribution is 6.98. The van der Waals surface area contributed by atoms with Gasteiger partial charge in [-0.1, -0.05) is 73.9 Å². The van der Waals surface area contributed by atoms with Gasteiger partial charge in [0, 0.05) is 0 Å². The minimum atomic E-state index is -1.25. The lowest BCUT2D eigenvalue weighted by Gasteiger charge is -2.29. The second-order valence-electron chi connectivity index (χ2n) is 7.53. The molecule has 0 bridgehead atoms. The molecule has 0 unspecified atom stereocenters. The fraction of sp³-hybridized carbons (Fsp3) is 0.500. The van der Waals surface area contributed by atoms with Crippen LogP contribution in [0.3, 0.4) is 0 Å². The Morgan fingerprint density at radius 1 is 0.833 bits per heavy atom. The molecule has 1 aliphatic rings. The molecule has 0 N–H and O–H groups in total. The SMILES string of the molecule is C[Si](C)(C)c1ccc(C2=CCC2)cc1[Si](C)(C)C. The van der Waals surface area contributed by atoms with Gasteiger partial charge in [-0.2, -0.15) is 0 Å². The summed E-state index contributed by atoms with van der Waals surface area (Å²) in [5, 5.41) is 3.39. The van der Waals surface area contributed by atoms with E-state index in [1.54, 1.807) is 15.9 Å². The molecule has 2 rings (SSSR count). The smallest absolute Gasteiger partial charge is 0.0774 e. The summed E-state index contributed by atoms with van der Waals surface area (Å²) in [6, 6.07) is 7.32. The highest BCUT2D eigenvalue weighted by Gasteiger charge is 2.28. The van der Waals surface area contributed by atoms with Gasteiger partial charge in [-0.3, -0.25) is 0 Å². The standard InChI is InChI=1S/C16H26Si2/c1-17(2,3)15-11-10-14(13-8-7-9-13)12-16(15)18(4,5)6/h8,10-12H,7,9H2,1-6H3. The van der Waals surface area contributed by atoms with E-state index in [2.05, 4.69) is 63.6 Å². The summed E-state index contributed by atoms with van der Waals surface area (Å²) in [5.41, 5.74) is 3.05. The third-order valence-electron chi connectivity index (χ3n) is 3.81.